The van der Waals surface area contributed by atoms with Crippen LogP contribution < -0.4 is 0 Å². The molecule has 1 unspecified atom stereocenters. The summed E-state index contributed by atoms with van der Waals surface area (Å²) in [6, 6.07) is 0. The Balaban J connectivity index is 2.39. The Morgan fingerprint density at radius 2 is 1.45 bits per heavy atom. The zero-order chi connectivity index (χ0) is 32.0. The van der Waals surface area contributed by atoms with Crippen LogP contribution in [0.25, 0.3) is 0 Å². The first-order valence-electron chi connectivity index (χ1n) is 13.2. The summed E-state index contributed by atoms with van der Waals surface area (Å²) in [4.78, 5) is 72.1. The van der Waals surface area contributed by atoms with Gasteiger partial charge in [0.2, 0.25) is 12.4 Å². The van der Waals surface area contributed by atoms with Crippen LogP contribution in [0.15, 0.2) is 35.5 Å². The van der Waals surface area contributed by atoms with Crippen molar-refractivity contribution in [3.63, 3.8) is 0 Å². The number of allylic oxidation sites excluding steroid dienone is 3. The molecule has 1 aliphatic heterocycles. The second kappa shape index (κ2) is 13.9. The molecule has 0 aromatic carbocycles. The lowest BCUT2D eigenvalue weighted by atomic mass is 9.64. The topological polar surface area (TPSA) is 178 Å². The van der Waals surface area contributed by atoms with E-state index in [0.717, 1.165) is 33.8 Å². The van der Waals surface area contributed by atoms with Crippen molar-refractivity contribution >= 4 is 35.6 Å². The van der Waals surface area contributed by atoms with Gasteiger partial charge in [0.05, 0.1) is 0 Å². The highest BCUT2D eigenvalue weighted by atomic mass is 16.7. The quantitative estimate of drug-likeness (QED) is 0.177. The van der Waals surface area contributed by atoms with E-state index < -0.39 is 78.2 Å². The molecule has 0 aromatic rings. The molecule has 2 aliphatic rings. The van der Waals surface area contributed by atoms with E-state index in [-0.39, 0.29) is 12.2 Å². The molecule has 0 aromatic heterocycles. The first-order valence-corrected chi connectivity index (χ1v) is 13.2. The van der Waals surface area contributed by atoms with Crippen LogP contribution in [0.3, 0.4) is 0 Å². The lowest BCUT2D eigenvalue weighted by Crippen LogP contribution is -2.63. The summed E-state index contributed by atoms with van der Waals surface area (Å²) in [5.41, 5.74) is -1.47. The smallest absolute Gasteiger partial charge is 0.333 e. The largest absolute Gasteiger partial charge is 0.463 e. The summed E-state index contributed by atoms with van der Waals surface area (Å²) in [6.07, 6.45) is -1.85. The van der Waals surface area contributed by atoms with Crippen LogP contribution in [0.4, 0.5) is 0 Å². The molecule has 0 amide bonds. The normalized spacial score (nSPS) is 29.3. The van der Waals surface area contributed by atoms with Crippen LogP contribution in [0, 0.1) is 5.41 Å². The van der Waals surface area contributed by atoms with Gasteiger partial charge in [-0.05, 0) is 37.1 Å². The van der Waals surface area contributed by atoms with E-state index in [4.69, 9.17) is 28.4 Å². The molecule has 42 heavy (non-hydrogen) atoms. The molecule has 2 rings (SSSR count). The van der Waals surface area contributed by atoms with Gasteiger partial charge in [-0.25, -0.2) is 4.79 Å². The summed E-state index contributed by atoms with van der Waals surface area (Å²) < 4.78 is 32.0. The van der Waals surface area contributed by atoms with Gasteiger partial charge >= 0.3 is 29.8 Å². The van der Waals surface area contributed by atoms with Gasteiger partial charge in [-0.3, -0.25) is 24.0 Å². The zero-order valence-electron chi connectivity index (χ0n) is 25.0. The Kier molecular flexibility index (Phi) is 11.4. The van der Waals surface area contributed by atoms with Crippen LogP contribution in [0.5, 0.6) is 0 Å². The Morgan fingerprint density at radius 1 is 0.905 bits per heavy atom. The number of carbonyl (C=O) groups excluding carboxylic acids is 6. The average Bonchev–Trinajstić information content (AvgIpc) is 2.82. The summed E-state index contributed by atoms with van der Waals surface area (Å²) in [5.74, 6) is -4.23. The molecule has 0 radical (unpaired) electrons. The molecular formula is C29H38O13. The molecular weight excluding hydrogens is 556 g/mol. The third-order valence-corrected chi connectivity index (χ3v) is 6.74. The van der Waals surface area contributed by atoms with E-state index in [2.05, 4.69) is 0 Å². The van der Waals surface area contributed by atoms with Crippen LogP contribution >= 0.6 is 0 Å². The van der Waals surface area contributed by atoms with Gasteiger partial charge < -0.3 is 33.5 Å². The van der Waals surface area contributed by atoms with E-state index in [9.17, 15) is 33.9 Å². The highest BCUT2D eigenvalue weighted by molar-refractivity contribution is 5.92. The maximum atomic E-state index is 12.9. The average molecular weight is 595 g/mol. The van der Waals surface area contributed by atoms with Crippen molar-refractivity contribution in [2.24, 2.45) is 5.41 Å². The summed E-state index contributed by atoms with van der Waals surface area (Å²) in [7, 11) is 0. The van der Waals surface area contributed by atoms with Crippen molar-refractivity contribution in [1.29, 1.82) is 0 Å². The molecule has 13 heteroatoms. The lowest BCUT2D eigenvalue weighted by Gasteiger charge is -2.44. The summed E-state index contributed by atoms with van der Waals surface area (Å²) in [6.45, 7) is 10.6. The first-order chi connectivity index (χ1) is 19.4. The van der Waals surface area contributed by atoms with Crippen molar-refractivity contribution in [3.05, 3.63) is 35.5 Å². The van der Waals surface area contributed by atoms with E-state index in [1.165, 1.54) is 18.2 Å². The van der Waals surface area contributed by atoms with E-state index in [1.54, 1.807) is 27.7 Å². The number of hydrogen-bond acceptors (Lipinski definition) is 13. The van der Waals surface area contributed by atoms with E-state index >= 15 is 0 Å². The maximum absolute atomic E-state index is 12.9. The number of aliphatic hydroxyl groups is 1. The van der Waals surface area contributed by atoms with Crippen LogP contribution in [0.2, 0.25) is 0 Å². The SMILES string of the molecule is CC(=O)OC[C@H]1O[C@@H](OC(=O)/C=C(C)/C=C/C2(O)C(C)=CC(=O)CC2(C)C)[C@H](OC(C)=O)[C@@H](OC(C)=O)[C@@H]1OC(C)=O. The zero-order valence-corrected chi connectivity index (χ0v) is 25.0. The maximum Gasteiger partial charge on any atom is 0.333 e. The van der Waals surface area contributed by atoms with Crippen LogP contribution in [0.1, 0.15) is 61.8 Å². The van der Waals surface area contributed by atoms with Gasteiger partial charge in [-0.1, -0.05) is 19.9 Å². The van der Waals surface area contributed by atoms with E-state index in [0.29, 0.717) is 11.1 Å². The number of rotatable bonds is 9. The van der Waals surface area contributed by atoms with Gasteiger partial charge in [0.15, 0.2) is 18.0 Å². The molecule has 1 saturated heterocycles. The fraction of sp³-hybridized carbons (Fsp3) is 0.586. The first kappa shape index (κ1) is 34.4. The fourth-order valence-corrected chi connectivity index (χ4v) is 4.78. The minimum atomic E-state index is -1.68. The Hall–Kier alpha value is -3.84. The number of esters is 5. The standard InChI is InChI=1S/C29H38O13/c1-15(9-10-29(36)16(2)12-21(34)13-28(29,7)8)11-23(35)42-27-26(40-20(6)33)25(39-19(5)32)24(38-18(4)31)22(41-27)14-37-17(3)30/h9-12,22,24-27,36H,13-14H2,1-8H3/b10-9+,15-11+/t22-,24-,25+,26-,27+,29?/m1/s1. The molecule has 6 atom stereocenters. The monoisotopic (exact) mass is 594 g/mol. The molecule has 0 bridgehead atoms. The number of ketones is 1. The Morgan fingerprint density at radius 3 is 1.98 bits per heavy atom. The molecule has 0 spiro atoms. The van der Waals surface area contributed by atoms with Crippen LogP contribution in [-0.4, -0.2) is 83.7 Å². The summed E-state index contributed by atoms with van der Waals surface area (Å²) in [5, 5.41) is 11.3. The number of hydrogen-bond donors (Lipinski definition) is 1. The van der Waals surface area contributed by atoms with Gasteiger partial charge in [0.25, 0.3) is 0 Å². The third-order valence-electron chi connectivity index (χ3n) is 6.74. The minimum absolute atomic E-state index is 0.101. The van der Waals surface area contributed by atoms with Gasteiger partial charge in [-0.2, -0.15) is 0 Å². The number of ether oxygens (including phenoxy) is 6. The Bertz CT molecular complexity index is 1190. The van der Waals surface area contributed by atoms with Crippen molar-refractivity contribution < 1.29 is 62.3 Å². The fourth-order valence-electron chi connectivity index (χ4n) is 4.78. The lowest BCUT2D eigenvalue weighted by molar-refractivity contribution is -0.299. The second-order valence-electron chi connectivity index (χ2n) is 10.8. The van der Waals surface area contributed by atoms with Gasteiger partial charge in [0.1, 0.15) is 18.3 Å². The molecule has 1 fully saturated rings. The third kappa shape index (κ3) is 8.83. The molecule has 0 saturated carbocycles. The molecule has 1 N–H and O–H groups in total. The summed E-state index contributed by atoms with van der Waals surface area (Å²) >= 11 is 0. The van der Waals surface area contributed by atoms with Crippen LogP contribution in [-0.2, 0) is 57.2 Å². The highest BCUT2D eigenvalue weighted by Gasteiger charge is 2.53. The predicted molar refractivity (Wildman–Crippen MR) is 143 cm³/mol. The predicted octanol–water partition coefficient (Wildman–Crippen LogP) is 1.79. The van der Waals surface area contributed by atoms with Crippen molar-refractivity contribution in [1.82, 2.24) is 0 Å². The minimum Gasteiger partial charge on any atom is -0.463 e. The Labute approximate surface area is 243 Å². The molecule has 232 valence electrons. The molecule has 13 nitrogen and oxygen atoms in total. The van der Waals surface area contributed by atoms with Gasteiger partial charge in [-0.15, -0.1) is 0 Å². The van der Waals surface area contributed by atoms with Gasteiger partial charge in [0, 0.05) is 45.6 Å². The second-order valence-corrected chi connectivity index (χ2v) is 10.8. The molecule has 1 aliphatic carbocycles. The van der Waals surface area contributed by atoms with Crippen molar-refractivity contribution in [2.75, 3.05) is 6.61 Å². The van der Waals surface area contributed by atoms with Crippen molar-refractivity contribution in [2.45, 2.75) is 98.1 Å². The molecule has 1 heterocycles. The number of carbonyl (C=O) groups is 6. The van der Waals surface area contributed by atoms with E-state index in [1.807, 2.05) is 0 Å². The van der Waals surface area contributed by atoms with Crippen molar-refractivity contribution in [3.8, 4) is 0 Å². The highest BCUT2D eigenvalue weighted by Crippen LogP contribution is 2.44.